The topological polar surface area (TPSA) is 86.0 Å². The molecule has 0 fully saturated rings. The van der Waals surface area contributed by atoms with E-state index in [0.29, 0.717) is 0 Å². The van der Waals surface area contributed by atoms with Gasteiger partial charge in [0, 0.05) is 33.6 Å². The number of aromatic nitrogens is 6. The van der Waals surface area contributed by atoms with Crippen LogP contribution in [-0.2, 0) is 55.0 Å². The average Bonchev–Trinajstić information content (AvgIpc) is 3.44. The van der Waals surface area contributed by atoms with Gasteiger partial charge < -0.3 is 0 Å². The van der Waals surface area contributed by atoms with Crippen molar-refractivity contribution in [1.29, 1.82) is 0 Å². The molecule has 0 saturated carbocycles. The Balaban J connectivity index is 0.00000225. The van der Waals surface area contributed by atoms with Crippen LogP contribution in [-0.4, -0.2) is 37.3 Å². The van der Waals surface area contributed by atoms with Crippen molar-refractivity contribution in [3.8, 4) is 0 Å². The first-order chi connectivity index (χ1) is 13.6. The third-order valence-electron chi connectivity index (χ3n) is 5.82. The van der Waals surface area contributed by atoms with Gasteiger partial charge in [0.05, 0.1) is 17.1 Å². The van der Waals surface area contributed by atoms with Crippen LogP contribution in [0.4, 0.5) is 0 Å². The molecule has 0 saturated heterocycles. The first-order valence-electron chi connectivity index (χ1n) is 10.8. The second-order valence-corrected chi connectivity index (χ2v) is 7.24. The van der Waals surface area contributed by atoms with Crippen molar-refractivity contribution in [2.75, 3.05) is 0 Å². The van der Waals surface area contributed by atoms with Gasteiger partial charge in [0.15, 0.2) is 0 Å². The minimum atomic E-state index is 0. The fourth-order valence-corrected chi connectivity index (χ4v) is 4.36. The van der Waals surface area contributed by atoms with E-state index in [-0.39, 0.29) is 40.2 Å². The maximum atomic E-state index is 4.68. The molecule has 3 N–H and O–H groups in total. The number of nitrogens with zero attached hydrogens (tertiary/aromatic N) is 3. The average molecular weight is 520 g/mol. The molecule has 0 aliphatic carbocycles. The van der Waals surface area contributed by atoms with E-state index in [2.05, 4.69) is 72.1 Å². The number of hydrogen-bond acceptors (Lipinski definition) is 3. The fraction of sp³-hybridized carbons (Fsp3) is 0.571. The van der Waals surface area contributed by atoms with E-state index in [1.165, 1.54) is 33.5 Å². The summed E-state index contributed by atoms with van der Waals surface area (Å²) in [6.07, 6.45) is 5.51. The predicted octanol–water partition coefficient (Wildman–Crippen LogP) is 2.32. The van der Waals surface area contributed by atoms with E-state index in [0.717, 1.165) is 55.6 Å². The molecule has 0 atom stereocenters. The first-order valence-corrected chi connectivity index (χ1v) is 10.8. The number of aryl methyl sites for hydroxylation is 6. The standard InChI is InChI=1S/C21H33BN6.BrH.Ni/c1-7-13-19(14(8-2)24-23-13)22(20-15(9-3)25-26-16(20)10-4)21-17(11-5)27-28-18(21)12-6;;/h7-12H2,1-6H3,(H,23,24)(H,25,26)(H,27,28);1H;. The predicted molar refractivity (Wildman–Crippen MR) is 127 cm³/mol. The zero-order valence-corrected chi connectivity index (χ0v) is 21.6. The summed E-state index contributed by atoms with van der Waals surface area (Å²) < 4.78 is 0. The van der Waals surface area contributed by atoms with Gasteiger partial charge in [-0.1, -0.05) is 41.5 Å². The largest absolute Gasteiger partial charge is 0.283 e. The molecule has 3 rings (SSSR count). The van der Waals surface area contributed by atoms with E-state index >= 15 is 0 Å². The van der Waals surface area contributed by atoms with Crippen LogP contribution in [0.2, 0.25) is 0 Å². The molecule has 0 radical (unpaired) electrons. The van der Waals surface area contributed by atoms with Crippen LogP contribution in [0.3, 0.4) is 0 Å². The fourth-order valence-electron chi connectivity index (χ4n) is 4.36. The Morgan fingerprint density at radius 2 is 0.800 bits per heavy atom. The maximum absolute atomic E-state index is 4.68. The zero-order valence-electron chi connectivity index (χ0n) is 18.9. The van der Waals surface area contributed by atoms with Crippen LogP contribution in [0.15, 0.2) is 0 Å². The Kier molecular flexibility index (Phi) is 10.6. The van der Waals surface area contributed by atoms with Crippen LogP contribution < -0.4 is 16.4 Å². The molecule has 0 bridgehead atoms. The molecule has 0 aromatic carbocycles. The van der Waals surface area contributed by atoms with Crippen molar-refractivity contribution >= 4 is 40.1 Å². The number of hydrogen-bond donors (Lipinski definition) is 3. The Morgan fingerprint density at radius 1 is 0.533 bits per heavy atom. The minimum absolute atomic E-state index is 0. The van der Waals surface area contributed by atoms with Crippen LogP contribution in [0.1, 0.15) is 75.7 Å². The Bertz CT molecular complexity index is 748. The molecule has 0 amide bonds. The van der Waals surface area contributed by atoms with Crippen LogP contribution in [0.5, 0.6) is 0 Å². The molecule has 0 aliphatic rings. The minimum Gasteiger partial charge on any atom is -0.283 e. The van der Waals surface area contributed by atoms with Crippen molar-refractivity contribution < 1.29 is 16.5 Å². The van der Waals surface area contributed by atoms with Crippen molar-refractivity contribution in [3.05, 3.63) is 34.2 Å². The van der Waals surface area contributed by atoms with E-state index in [4.69, 9.17) is 0 Å². The van der Waals surface area contributed by atoms with E-state index in [1.807, 2.05) is 0 Å². The molecule has 6 nitrogen and oxygen atoms in total. The molecule has 9 heteroatoms. The van der Waals surface area contributed by atoms with Gasteiger partial charge >= 0.3 is 0 Å². The summed E-state index contributed by atoms with van der Waals surface area (Å²) >= 11 is 0. The van der Waals surface area contributed by atoms with Crippen molar-refractivity contribution in [2.45, 2.75) is 80.1 Å². The summed E-state index contributed by atoms with van der Waals surface area (Å²) in [5, 5.41) is 24.0. The SMILES string of the molecule is Br.CCc1n[nH]c(CC)c1B(c1c(CC)n[nH]c1CC)c1c(CC)n[nH]c1CC.[Ni]. The van der Waals surface area contributed by atoms with Gasteiger partial charge in [-0.25, -0.2) is 0 Å². The molecular weight excluding hydrogens is 486 g/mol. The normalized spacial score (nSPS) is 10.6. The number of H-pyrrole nitrogens is 3. The third-order valence-corrected chi connectivity index (χ3v) is 5.82. The second-order valence-electron chi connectivity index (χ2n) is 7.24. The number of nitrogens with one attached hydrogen (secondary N) is 3. The molecule has 30 heavy (non-hydrogen) atoms. The molecule has 0 spiro atoms. The summed E-state index contributed by atoms with van der Waals surface area (Å²) in [5.74, 6) is 0. The van der Waals surface area contributed by atoms with E-state index in [9.17, 15) is 0 Å². The van der Waals surface area contributed by atoms with Crippen molar-refractivity contribution in [3.63, 3.8) is 0 Å². The van der Waals surface area contributed by atoms with Crippen LogP contribution >= 0.6 is 17.0 Å². The molecule has 3 aromatic rings. The van der Waals surface area contributed by atoms with Gasteiger partial charge in [-0.15, -0.1) is 17.0 Å². The van der Waals surface area contributed by atoms with Gasteiger partial charge in [-0.3, -0.25) is 15.3 Å². The smallest absolute Gasteiger partial charge is 0.255 e. The Labute approximate surface area is 200 Å². The second kappa shape index (κ2) is 11.9. The molecule has 168 valence electrons. The quantitative estimate of drug-likeness (QED) is 0.379. The van der Waals surface area contributed by atoms with E-state index in [1.54, 1.807) is 0 Å². The summed E-state index contributed by atoms with van der Waals surface area (Å²) in [6, 6.07) is 0. The number of aromatic amines is 3. The molecular formula is C21H34BBrN6Ni. The molecule has 3 heterocycles. The summed E-state index contributed by atoms with van der Waals surface area (Å²) in [6.45, 7) is 13.2. The summed E-state index contributed by atoms with van der Waals surface area (Å²) in [7, 11) is 0. The van der Waals surface area contributed by atoms with Gasteiger partial charge in [0.25, 0.3) is 6.71 Å². The Hall–Kier alpha value is -1.33. The number of rotatable bonds is 9. The van der Waals surface area contributed by atoms with Gasteiger partial charge in [-0.2, -0.15) is 15.3 Å². The zero-order chi connectivity index (χ0) is 20.3. The van der Waals surface area contributed by atoms with Crippen molar-refractivity contribution in [1.82, 2.24) is 30.6 Å². The van der Waals surface area contributed by atoms with Crippen LogP contribution in [0.25, 0.3) is 0 Å². The molecule has 0 unspecified atom stereocenters. The summed E-state index contributed by atoms with van der Waals surface area (Å²) in [4.78, 5) is 0. The Morgan fingerprint density at radius 3 is 1.00 bits per heavy atom. The van der Waals surface area contributed by atoms with E-state index < -0.39 is 0 Å². The van der Waals surface area contributed by atoms with Gasteiger partial charge in [-0.05, 0) is 54.9 Å². The van der Waals surface area contributed by atoms with Gasteiger partial charge in [0.1, 0.15) is 0 Å². The van der Waals surface area contributed by atoms with Crippen LogP contribution in [0, 0.1) is 0 Å². The van der Waals surface area contributed by atoms with Crippen molar-refractivity contribution in [2.24, 2.45) is 0 Å². The summed E-state index contributed by atoms with van der Waals surface area (Å²) in [5.41, 5.74) is 11.1. The molecule has 3 aromatic heterocycles. The third kappa shape index (κ3) is 4.62. The monoisotopic (exact) mass is 518 g/mol. The first kappa shape index (κ1) is 26.7. The van der Waals surface area contributed by atoms with Gasteiger partial charge in [0.2, 0.25) is 0 Å². The maximum Gasteiger partial charge on any atom is 0.255 e. The number of halogens is 1. The molecule has 0 aliphatic heterocycles.